The van der Waals surface area contributed by atoms with Crippen molar-refractivity contribution in [2.24, 2.45) is 5.92 Å². The molecule has 0 aliphatic carbocycles. The molecular formula is C12H20ClN3O2S. The highest BCUT2D eigenvalue weighted by atomic mass is 35.5. The lowest BCUT2D eigenvalue weighted by molar-refractivity contribution is 0.314. The van der Waals surface area contributed by atoms with Gasteiger partial charge >= 0.3 is 0 Å². The Morgan fingerprint density at radius 1 is 1.42 bits per heavy atom. The van der Waals surface area contributed by atoms with Crippen LogP contribution in [0.5, 0.6) is 0 Å². The molecule has 108 valence electrons. The van der Waals surface area contributed by atoms with Crippen molar-refractivity contribution in [3.05, 3.63) is 23.5 Å². The summed E-state index contributed by atoms with van der Waals surface area (Å²) in [5.41, 5.74) is 0. The average Bonchev–Trinajstić information content (AvgIpc) is 2.27. The molecule has 19 heavy (non-hydrogen) atoms. The molecule has 0 amide bonds. The van der Waals surface area contributed by atoms with Crippen LogP contribution in [0.4, 0.5) is 0 Å². The maximum atomic E-state index is 12.3. The molecule has 5 nitrogen and oxygen atoms in total. The number of likely N-dealkylation sites (N-methyl/N-ethyl adjacent to an activating group) is 1. The van der Waals surface area contributed by atoms with Crippen LogP contribution in [0.15, 0.2) is 23.2 Å². The molecule has 0 saturated heterocycles. The second-order valence-electron chi connectivity index (χ2n) is 5.03. The molecule has 1 aromatic rings. The Kier molecular flexibility index (Phi) is 5.73. The fourth-order valence-corrected chi connectivity index (χ4v) is 3.44. The number of nitrogens with zero attached hydrogens (tertiary/aromatic N) is 2. The van der Waals surface area contributed by atoms with E-state index in [1.54, 1.807) is 6.07 Å². The first kappa shape index (κ1) is 16.4. The number of halogens is 1. The van der Waals surface area contributed by atoms with E-state index in [9.17, 15) is 8.42 Å². The van der Waals surface area contributed by atoms with E-state index in [-0.39, 0.29) is 22.0 Å². The predicted molar refractivity (Wildman–Crippen MR) is 76.7 cm³/mol. The Hall–Kier alpha value is -0.690. The molecule has 7 heteroatoms. The van der Waals surface area contributed by atoms with Gasteiger partial charge in [0.25, 0.3) is 0 Å². The Labute approximate surface area is 120 Å². The van der Waals surface area contributed by atoms with Crippen LogP contribution < -0.4 is 4.72 Å². The Morgan fingerprint density at radius 3 is 2.53 bits per heavy atom. The van der Waals surface area contributed by atoms with E-state index in [1.165, 1.54) is 12.3 Å². The summed E-state index contributed by atoms with van der Waals surface area (Å²) in [4.78, 5) is 5.75. The third-order valence-corrected chi connectivity index (χ3v) is 4.62. The normalized spacial score (nSPS) is 14.1. The van der Waals surface area contributed by atoms with Gasteiger partial charge in [-0.2, -0.15) is 0 Å². The summed E-state index contributed by atoms with van der Waals surface area (Å²) in [7, 11) is 0.155. The smallest absolute Gasteiger partial charge is 0.243 e. The van der Waals surface area contributed by atoms with E-state index in [1.807, 2.05) is 32.8 Å². The van der Waals surface area contributed by atoms with Crippen molar-refractivity contribution in [3.63, 3.8) is 0 Å². The van der Waals surface area contributed by atoms with Gasteiger partial charge in [-0.25, -0.2) is 18.1 Å². The van der Waals surface area contributed by atoms with Crippen LogP contribution in [0, 0.1) is 5.92 Å². The number of aromatic nitrogens is 1. The minimum atomic E-state index is -3.65. The quantitative estimate of drug-likeness (QED) is 0.811. The molecular weight excluding hydrogens is 286 g/mol. The van der Waals surface area contributed by atoms with Crippen molar-refractivity contribution in [1.29, 1.82) is 0 Å². The second-order valence-corrected chi connectivity index (χ2v) is 7.07. The minimum Gasteiger partial charge on any atom is -0.308 e. The molecule has 0 aliphatic heterocycles. The van der Waals surface area contributed by atoms with Gasteiger partial charge < -0.3 is 4.90 Å². The lowest BCUT2D eigenvalue weighted by Crippen LogP contribution is -2.44. The highest BCUT2D eigenvalue weighted by Gasteiger charge is 2.25. The molecule has 1 heterocycles. The van der Waals surface area contributed by atoms with Crippen molar-refractivity contribution in [3.8, 4) is 0 Å². The molecule has 0 aromatic carbocycles. The van der Waals surface area contributed by atoms with Gasteiger partial charge in [-0.1, -0.05) is 25.4 Å². The van der Waals surface area contributed by atoms with Gasteiger partial charge in [0.15, 0.2) is 0 Å². The van der Waals surface area contributed by atoms with Crippen molar-refractivity contribution in [2.75, 3.05) is 20.6 Å². The molecule has 1 unspecified atom stereocenters. The molecule has 0 aliphatic rings. The number of pyridine rings is 1. The van der Waals surface area contributed by atoms with Crippen LogP contribution >= 0.6 is 11.6 Å². The van der Waals surface area contributed by atoms with Gasteiger partial charge in [0, 0.05) is 18.8 Å². The van der Waals surface area contributed by atoms with Crippen LogP contribution in [-0.2, 0) is 10.0 Å². The summed E-state index contributed by atoms with van der Waals surface area (Å²) >= 11 is 5.84. The first-order valence-electron chi connectivity index (χ1n) is 6.01. The minimum absolute atomic E-state index is 0.0117. The molecule has 0 spiro atoms. The van der Waals surface area contributed by atoms with Crippen LogP contribution in [0.3, 0.4) is 0 Å². The number of nitrogens with one attached hydrogen (secondary N) is 1. The topological polar surface area (TPSA) is 62.3 Å². The molecule has 0 bridgehead atoms. The third-order valence-electron chi connectivity index (χ3n) is 2.69. The molecule has 0 saturated carbocycles. The van der Waals surface area contributed by atoms with E-state index in [0.717, 1.165) is 0 Å². The van der Waals surface area contributed by atoms with Crippen LogP contribution in [0.2, 0.25) is 5.15 Å². The van der Waals surface area contributed by atoms with Crippen molar-refractivity contribution >= 4 is 21.6 Å². The molecule has 1 aromatic heterocycles. The molecule has 1 rings (SSSR count). The van der Waals surface area contributed by atoms with Gasteiger partial charge in [0.1, 0.15) is 10.0 Å². The van der Waals surface area contributed by atoms with Crippen LogP contribution in [-0.4, -0.2) is 45.0 Å². The molecule has 0 radical (unpaired) electrons. The van der Waals surface area contributed by atoms with Crippen molar-refractivity contribution in [2.45, 2.75) is 24.8 Å². The third kappa shape index (κ3) is 4.72. The summed E-state index contributed by atoms with van der Waals surface area (Å²) in [5.74, 6) is 0.174. The first-order valence-corrected chi connectivity index (χ1v) is 7.87. The summed E-state index contributed by atoms with van der Waals surface area (Å²) in [5, 5.41) is -0.0117. The van der Waals surface area contributed by atoms with E-state index in [0.29, 0.717) is 6.54 Å². The number of hydrogen-bond donors (Lipinski definition) is 1. The number of rotatable bonds is 6. The fourth-order valence-electron chi connectivity index (χ4n) is 1.61. The van der Waals surface area contributed by atoms with E-state index >= 15 is 0 Å². The van der Waals surface area contributed by atoms with Crippen molar-refractivity contribution in [1.82, 2.24) is 14.6 Å². The zero-order valence-corrected chi connectivity index (χ0v) is 13.2. The molecule has 0 fully saturated rings. The lowest BCUT2D eigenvalue weighted by Gasteiger charge is -2.25. The zero-order valence-electron chi connectivity index (χ0n) is 11.6. The van der Waals surface area contributed by atoms with Gasteiger partial charge in [-0.3, -0.25) is 0 Å². The summed E-state index contributed by atoms with van der Waals surface area (Å²) in [6, 6.07) is 2.82. The summed E-state index contributed by atoms with van der Waals surface area (Å²) in [6.45, 7) is 4.57. The fraction of sp³-hybridized carbons (Fsp3) is 0.583. The van der Waals surface area contributed by atoms with Crippen LogP contribution in [0.1, 0.15) is 13.8 Å². The number of hydrogen-bond acceptors (Lipinski definition) is 4. The number of sulfonamides is 1. The lowest BCUT2D eigenvalue weighted by atomic mass is 10.1. The molecule has 1 atom stereocenters. The Bertz CT molecular complexity index is 517. The van der Waals surface area contributed by atoms with E-state index < -0.39 is 10.0 Å². The highest BCUT2D eigenvalue weighted by molar-refractivity contribution is 7.89. The Balaban J connectivity index is 2.98. The maximum Gasteiger partial charge on any atom is 0.243 e. The SMILES string of the molecule is CC(C)C(CN(C)C)NS(=O)(=O)c1cccnc1Cl. The van der Waals surface area contributed by atoms with Gasteiger partial charge in [-0.05, 0) is 32.1 Å². The van der Waals surface area contributed by atoms with Crippen LogP contribution in [0.25, 0.3) is 0 Å². The van der Waals surface area contributed by atoms with E-state index in [4.69, 9.17) is 11.6 Å². The standard InChI is InChI=1S/C12H20ClN3O2S/c1-9(2)10(8-16(3)4)15-19(17,18)11-6-5-7-14-12(11)13/h5-7,9-10,15H,8H2,1-4H3. The molecule has 1 N–H and O–H groups in total. The summed E-state index contributed by atoms with van der Waals surface area (Å²) < 4.78 is 27.3. The van der Waals surface area contributed by atoms with E-state index in [2.05, 4.69) is 9.71 Å². The van der Waals surface area contributed by atoms with Crippen molar-refractivity contribution < 1.29 is 8.42 Å². The van der Waals surface area contributed by atoms with Gasteiger partial charge in [-0.15, -0.1) is 0 Å². The Morgan fingerprint density at radius 2 is 2.05 bits per heavy atom. The monoisotopic (exact) mass is 305 g/mol. The average molecular weight is 306 g/mol. The van der Waals surface area contributed by atoms with Gasteiger partial charge in [0.2, 0.25) is 10.0 Å². The zero-order chi connectivity index (χ0) is 14.6. The maximum absolute atomic E-state index is 12.3. The highest BCUT2D eigenvalue weighted by Crippen LogP contribution is 2.19. The second kappa shape index (κ2) is 6.65. The summed E-state index contributed by atoms with van der Waals surface area (Å²) in [6.07, 6.45) is 1.46. The van der Waals surface area contributed by atoms with Gasteiger partial charge in [0.05, 0.1) is 0 Å². The first-order chi connectivity index (χ1) is 8.74. The largest absolute Gasteiger partial charge is 0.308 e. The predicted octanol–water partition coefficient (Wildman–Crippen LogP) is 1.60.